The summed E-state index contributed by atoms with van der Waals surface area (Å²) in [5, 5.41) is 9.83. The molecule has 0 aromatic carbocycles. The molecule has 0 amide bonds. The van der Waals surface area contributed by atoms with Gasteiger partial charge in [-0.3, -0.25) is 9.56 Å². The molecular formula is C10H17N3O. The van der Waals surface area contributed by atoms with Crippen molar-refractivity contribution in [1.29, 1.82) is 0 Å². The number of aliphatic imine (C=N–C) groups is 1. The third-order valence-electron chi connectivity index (χ3n) is 2.19. The van der Waals surface area contributed by atoms with E-state index in [9.17, 15) is 5.11 Å². The normalized spacial score (nSPS) is 12.1. The zero-order valence-electron chi connectivity index (χ0n) is 9.20. The van der Waals surface area contributed by atoms with Crippen molar-refractivity contribution in [2.45, 2.75) is 34.2 Å². The van der Waals surface area contributed by atoms with Crippen LogP contribution >= 0.6 is 0 Å². The summed E-state index contributed by atoms with van der Waals surface area (Å²) >= 11 is 0. The maximum absolute atomic E-state index is 9.83. The average Bonchev–Trinajstić information content (AvgIpc) is 2.42. The highest BCUT2D eigenvalue weighted by Gasteiger charge is 2.14. The van der Waals surface area contributed by atoms with Crippen LogP contribution in [0.4, 0.5) is 0 Å². The quantitative estimate of drug-likeness (QED) is 0.747. The van der Waals surface area contributed by atoms with Crippen LogP contribution in [0.3, 0.4) is 0 Å². The van der Waals surface area contributed by atoms with Crippen molar-refractivity contribution in [2.24, 2.45) is 4.99 Å². The van der Waals surface area contributed by atoms with Gasteiger partial charge in [0.25, 0.3) is 0 Å². The molecule has 14 heavy (non-hydrogen) atoms. The van der Waals surface area contributed by atoms with Gasteiger partial charge in [-0.25, -0.2) is 4.98 Å². The summed E-state index contributed by atoms with van der Waals surface area (Å²) in [6.07, 6.45) is 0. The van der Waals surface area contributed by atoms with Crippen molar-refractivity contribution in [2.75, 3.05) is 6.54 Å². The molecule has 0 aliphatic heterocycles. The Kier molecular flexibility index (Phi) is 3.28. The Labute approximate surface area is 84.3 Å². The lowest BCUT2D eigenvalue weighted by molar-refractivity contribution is 0.418. The average molecular weight is 195 g/mol. The first-order chi connectivity index (χ1) is 6.61. The van der Waals surface area contributed by atoms with Gasteiger partial charge in [0.1, 0.15) is 11.5 Å². The fraction of sp³-hybridized carbons (Fsp3) is 0.600. The van der Waals surface area contributed by atoms with Crippen LogP contribution < -0.4 is 0 Å². The van der Waals surface area contributed by atoms with Gasteiger partial charge < -0.3 is 5.11 Å². The van der Waals surface area contributed by atoms with Gasteiger partial charge in [-0.05, 0) is 27.7 Å². The van der Waals surface area contributed by atoms with Gasteiger partial charge in [0.15, 0.2) is 0 Å². The van der Waals surface area contributed by atoms with E-state index < -0.39 is 0 Å². The molecule has 0 radical (unpaired) electrons. The van der Waals surface area contributed by atoms with Crippen molar-refractivity contribution in [3.8, 4) is 5.88 Å². The molecule has 0 aliphatic carbocycles. The van der Waals surface area contributed by atoms with Gasteiger partial charge in [-0.2, -0.15) is 0 Å². The molecule has 1 aromatic rings. The first-order valence-electron chi connectivity index (χ1n) is 4.89. The molecule has 4 nitrogen and oxygen atoms in total. The zero-order valence-corrected chi connectivity index (χ0v) is 9.20. The third-order valence-corrected chi connectivity index (χ3v) is 2.19. The summed E-state index contributed by atoms with van der Waals surface area (Å²) in [7, 11) is 0. The first kappa shape index (κ1) is 10.8. The molecule has 1 rings (SSSR count). The SMILES string of the molecule is CCN=C(C)c1nc(C)n(CC)c1O. The summed E-state index contributed by atoms with van der Waals surface area (Å²) in [5.41, 5.74) is 1.39. The highest BCUT2D eigenvalue weighted by atomic mass is 16.3. The molecule has 1 heterocycles. The second-order valence-corrected chi connectivity index (χ2v) is 3.14. The number of imidazole rings is 1. The summed E-state index contributed by atoms with van der Waals surface area (Å²) < 4.78 is 1.77. The Morgan fingerprint density at radius 3 is 2.57 bits per heavy atom. The number of hydrogen-bond acceptors (Lipinski definition) is 3. The van der Waals surface area contributed by atoms with Gasteiger partial charge in [0, 0.05) is 13.1 Å². The molecule has 78 valence electrons. The van der Waals surface area contributed by atoms with Crippen LogP contribution in [0, 0.1) is 6.92 Å². The van der Waals surface area contributed by atoms with E-state index in [0.717, 1.165) is 18.1 Å². The Bertz CT molecular complexity index is 352. The summed E-state index contributed by atoms with van der Waals surface area (Å²) in [6.45, 7) is 9.12. The molecule has 0 atom stereocenters. The van der Waals surface area contributed by atoms with Crippen LogP contribution in [0.2, 0.25) is 0 Å². The van der Waals surface area contributed by atoms with E-state index >= 15 is 0 Å². The lowest BCUT2D eigenvalue weighted by Crippen LogP contribution is -1.98. The minimum Gasteiger partial charge on any atom is -0.493 e. The largest absolute Gasteiger partial charge is 0.493 e. The van der Waals surface area contributed by atoms with Crippen LogP contribution in [-0.4, -0.2) is 26.9 Å². The smallest absolute Gasteiger partial charge is 0.220 e. The van der Waals surface area contributed by atoms with Gasteiger partial charge >= 0.3 is 0 Å². The Balaban J connectivity index is 3.17. The van der Waals surface area contributed by atoms with E-state index in [1.165, 1.54) is 0 Å². The number of hydrogen-bond donors (Lipinski definition) is 1. The summed E-state index contributed by atoms with van der Waals surface area (Å²) in [6, 6.07) is 0. The van der Waals surface area contributed by atoms with Crippen molar-refractivity contribution < 1.29 is 5.11 Å². The molecule has 0 fully saturated rings. The Hall–Kier alpha value is -1.32. The predicted octanol–water partition coefficient (Wildman–Crippen LogP) is 1.75. The molecule has 0 aliphatic rings. The van der Waals surface area contributed by atoms with E-state index in [0.29, 0.717) is 12.2 Å². The molecule has 1 aromatic heterocycles. The van der Waals surface area contributed by atoms with E-state index in [-0.39, 0.29) is 5.88 Å². The van der Waals surface area contributed by atoms with Crippen molar-refractivity contribution in [3.63, 3.8) is 0 Å². The van der Waals surface area contributed by atoms with Crippen molar-refractivity contribution in [1.82, 2.24) is 9.55 Å². The van der Waals surface area contributed by atoms with Gasteiger partial charge in [0.2, 0.25) is 5.88 Å². The number of aromatic nitrogens is 2. The van der Waals surface area contributed by atoms with Gasteiger partial charge in [0.05, 0.1) is 5.71 Å². The van der Waals surface area contributed by atoms with E-state index in [2.05, 4.69) is 9.98 Å². The van der Waals surface area contributed by atoms with Crippen LogP contribution in [0.5, 0.6) is 5.88 Å². The van der Waals surface area contributed by atoms with Crippen LogP contribution in [0.15, 0.2) is 4.99 Å². The lowest BCUT2D eigenvalue weighted by Gasteiger charge is -2.01. The summed E-state index contributed by atoms with van der Waals surface area (Å²) in [5.74, 6) is 1.05. The minimum absolute atomic E-state index is 0.222. The Morgan fingerprint density at radius 2 is 2.14 bits per heavy atom. The molecule has 0 spiro atoms. The summed E-state index contributed by atoms with van der Waals surface area (Å²) in [4.78, 5) is 8.51. The minimum atomic E-state index is 0.222. The zero-order chi connectivity index (χ0) is 10.7. The van der Waals surface area contributed by atoms with E-state index in [4.69, 9.17) is 0 Å². The number of rotatable bonds is 3. The number of nitrogens with zero attached hydrogens (tertiary/aromatic N) is 3. The van der Waals surface area contributed by atoms with Crippen molar-refractivity contribution in [3.05, 3.63) is 11.5 Å². The predicted molar refractivity (Wildman–Crippen MR) is 57.1 cm³/mol. The fourth-order valence-corrected chi connectivity index (χ4v) is 1.49. The van der Waals surface area contributed by atoms with Crippen LogP contribution in [0.25, 0.3) is 0 Å². The standard InChI is InChI=1S/C10H17N3O/c1-5-11-7(3)9-10(14)13(6-2)8(4)12-9/h14H,5-6H2,1-4H3. The fourth-order valence-electron chi connectivity index (χ4n) is 1.49. The maximum Gasteiger partial charge on any atom is 0.220 e. The van der Waals surface area contributed by atoms with Crippen LogP contribution in [0.1, 0.15) is 32.3 Å². The maximum atomic E-state index is 9.83. The van der Waals surface area contributed by atoms with Gasteiger partial charge in [-0.1, -0.05) is 0 Å². The highest BCUT2D eigenvalue weighted by molar-refractivity contribution is 5.99. The first-order valence-corrected chi connectivity index (χ1v) is 4.89. The van der Waals surface area contributed by atoms with Crippen molar-refractivity contribution >= 4 is 5.71 Å². The molecule has 0 saturated carbocycles. The number of aromatic hydroxyl groups is 1. The topological polar surface area (TPSA) is 50.4 Å². The van der Waals surface area contributed by atoms with Crippen LogP contribution in [-0.2, 0) is 6.54 Å². The highest BCUT2D eigenvalue weighted by Crippen LogP contribution is 2.19. The molecule has 0 saturated heterocycles. The second-order valence-electron chi connectivity index (χ2n) is 3.14. The molecule has 1 N–H and O–H groups in total. The molecule has 4 heteroatoms. The Morgan fingerprint density at radius 1 is 1.50 bits per heavy atom. The molecule has 0 bridgehead atoms. The molecule has 0 unspecified atom stereocenters. The monoisotopic (exact) mass is 195 g/mol. The second kappa shape index (κ2) is 4.26. The van der Waals surface area contributed by atoms with E-state index in [1.807, 2.05) is 27.7 Å². The molecular weight excluding hydrogens is 178 g/mol. The van der Waals surface area contributed by atoms with Gasteiger partial charge in [-0.15, -0.1) is 0 Å². The third kappa shape index (κ3) is 1.78. The number of aryl methyl sites for hydroxylation is 1. The lowest BCUT2D eigenvalue weighted by atomic mass is 10.3. The van der Waals surface area contributed by atoms with E-state index in [1.54, 1.807) is 4.57 Å².